The summed E-state index contributed by atoms with van der Waals surface area (Å²) >= 11 is 3.77. The quantitative estimate of drug-likeness (QED) is 0.616. The molecule has 2 rings (SSSR count). The summed E-state index contributed by atoms with van der Waals surface area (Å²) in [5.41, 5.74) is 1.51. The van der Waals surface area contributed by atoms with Crippen molar-refractivity contribution in [3.05, 3.63) is 21.9 Å². The van der Waals surface area contributed by atoms with E-state index in [1.807, 2.05) is 30.1 Å². The van der Waals surface area contributed by atoms with Crippen molar-refractivity contribution >= 4 is 29.1 Å². The van der Waals surface area contributed by atoms with Crippen LogP contribution in [-0.2, 0) is 13.0 Å². The van der Waals surface area contributed by atoms with E-state index in [4.69, 9.17) is 0 Å². The Morgan fingerprint density at radius 3 is 3.00 bits per heavy atom. The van der Waals surface area contributed by atoms with Crippen molar-refractivity contribution < 1.29 is 0 Å². The van der Waals surface area contributed by atoms with Gasteiger partial charge in [-0.15, -0.1) is 11.3 Å². The molecule has 0 aliphatic carbocycles. The first-order chi connectivity index (χ1) is 10.5. The van der Waals surface area contributed by atoms with Gasteiger partial charge in [0.15, 0.2) is 5.96 Å². The molecule has 22 heavy (non-hydrogen) atoms. The first-order valence-electron chi connectivity index (χ1n) is 7.81. The van der Waals surface area contributed by atoms with Crippen molar-refractivity contribution in [2.45, 2.75) is 31.6 Å². The van der Waals surface area contributed by atoms with E-state index in [2.05, 4.69) is 52.1 Å². The molecule has 0 atom stereocenters. The van der Waals surface area contributed by atoms with Crippen LogP contribution in [0, 0.1) is 0 Å². The van der Waals surface area contributed by atoms with Crippen LogP contribution >= 0.6 is 23.1 Å². The van der Waals surface area contributed by atoms with Crippen molar-refractivity contribution in [2.75, 3.05) is 39.5 Å². The number of guanidine groups is 1. The molecule has 0 unspecified atom stereocenters. The topological polar surface area (TPSA) is 39.7 Å². The van der Waals surface area contributed by atoms with Crippen LogP contribution < -0.4 is 10.6 Å². The molecule has 2 heterocycles. The van der Waals surface area contributed by atoms with Crippen molar-refractivity contribution in [1.29, 1.82) is 0 Å². The summed E-state index contributed by atoms with van der Waals surface area (Å²) in [6, 6.07) is 2.27. The fourth-order valence-corrected chi connectivity index (χ4v) is 3.53. The molecule has 4 nitrogen and oxygen atoms in total. The lowest BCUT2D eigenvalue weighted by Crippen LogP contribution is -2.45. The Labute approximate surface area is 142 Å². The molecule has 0 saturated heterocycles. The van der Waals surface area contributed by atoms with Gasteiger partial charge < -0.3 is 10.6 Å². The Morgan fingerprint density at radius 2 is 2.27 bits per heavy atom. The third kappa shape index (κ3) is 5.18. The lowest BCUT2D eigenvalue weighted by Gasteiger charge is -2.27. The zero-order chi connectivity index (χ0) is 16.0. The second kappa shape index (κ2) is 8.22. The summed E-state index contributed by atoms with van der Waals surface area (Å²) < 4.78 is 0.222. The van der Waals surface area contributed by atoms with Crippen molar-refractivity contribution in [1.82, 2.24) is 15.5 Å². The molecular formula is C16H28N4S2. The average molecular weight is 341 g/mol. The highest BCUT2D eigenvalue weighted by atomic mass is 32.2. The number of hydrogen-bond donors (Lipinski definition) is 2. The monoisotopic (exact) mass is 340 g/mol. The predicted octanol–water partition coefficient (Wildman–Crippen LogP) is 2.41. The summed E-state index contributed by atoms with van der Waals surface area (Å²) in [5, 5.41) is 9.05. The van der Waals surface area contributed by atoms with Crippen LogP contribution in [0.25, 0.3) is 0 Å². The maximum absolute atomic E-state index is 4.30. The van der Waals surface area contributed by atoms with E-state index in [1.54, 1.807) is 4.88 Å². The smallest absolute Gasteiger partial charge is 0.191 e. The number of thioether (sulfide) groups is 1. The van der Waals surface area contributed by atoms with Gasteiger partial charge in [0.2, 0.25) is 0 Å². The van der Waals surface area contributed by atoms with Crippen molar-refractivity contribution in [3.8, 4) is 0 Å². The maximum Gasteiger partial charge on any atom is 0.191 e. The minimum Gasteiger partial charge on any atom is -0.355 e. The number of fused-ring (bicyclic) bond motifs is 1. The number of thiophene rings is 1. The van der Waals surface area contributed by atoms with Gasteiger partial charge in [-0.05, 0) is 43.5 Å². The van der Waals surface area contributed by atoms with Crippen LogP contribution in [0.2, 0.25) is 0 Å². The van der Waals surface area contributed by atoms with Gasteiger partial charge in [0.05, 0.1) is 0 Å². The summed E-state index contributed by atoms with van der Waals surface area (Å²) in [6.07, 6.45) is 3.34. The highest BCUT2D eigenvalue weighted by molar-refractivity contribution is 7.99. The molecule has 0 saturated carbocycles. The number of rotatable bonds is 6. The van der Waals surface area contributed by atoms with E-state index in [0.29, 0.717) is 0 Å². The van der Waals surface area contributed by atoms with Gasteiger partial charge >= 0.3 is 0 Å². The number of nitrogens with one attached hydrogen (secondary N) is 2. The molecule has 0 spiro atoms. The molecule has 0 bridgehead atoms. The molecular weight excluding hydrogens is 312 g/mol. The second-order valence-corrected chi connectivity index (χ2v) is 8.73. The van der Waals surface area contributed by atoms with Crippen LogP contribution in [0.4, 0.5) is 0 Å². The average Bonchev–Trinajstić information content (AvgIpc) is 2.98. The summed E-state index contributed by atoms with van der Waals surface area (Å²) in [5.74, 6) is 0.898. The standard InChI is InChI=1S/C16H28N4S2/c1-16(2,21-4)12-19-15(17-3)18-7-9-20-8-5-14-13(11-20)6-10-22-14/h6,10H,5,7-9,11-12H2,1-4H3,(H2,17,18,19). The summed E-state index contributed by atoms with van der Waals surface area (Å²) in [7, 11) is 1.83. The van der Waals surface area contributed by atoms with Gasteiger partial charge in [-0.25, -0.2) is 0 Å². The molecule has 1 aliphatic heterocycles. The van der Waals surface area contributed by atoms with Gasteiger partial charge in [0, 0.05) is 49.4 Å². The van der Waals surface area contributed by atoms with E-state index < -0.39 is 0 Å². The minimum absolute atomic E-state index is 0.222. The van der Waals surface area contributed by atoms with Gasteiger partial charge in [0.25, 0.3) is 0 Å². The largest absolute Gasteiger partial charge is 0.355 e. The molecule has 1 aromatic heterocycles. The summed E-state index contributed by atoms with van der Waals surface area (Å²) in [4.78, 5) is 8.39. The van der Waals surface area contributed by atoms with Gasteiger partial charge in [-0.2, -0.15) is 11.8 Å². The van der Waals surface area contributed by atoms with Gasteiger partial charge in [0.1, 0.15) is 0 Å². The summed E-state index contributed by atoms with van der Waals surface area (Å²) in [6.45, 7) is 9.64. The highest BCUT2D eigenvalue weighted by Crippen LogP contribution is 2.23. The maximum atomic E-state index is 4.30. The van der Waals surface area contributed by atoms with Crippen LogP contribution in [0.15, 0.2) is 16.4 Å². The van der Waals surface area contributed by atoms with Crippen LogP contribution in [0.1, 0.15) is 24.3 Å². The third-order valence-corrected chi connectivity index (χ3v) is 6.34. The third-order valence-electron chi connectivity index (χ3n) is 4.06. The van der Waals surface area contributed by atoms with Crippen molar-refractivity contribution in [2.24, 2.45) is 4.99 Å². The Balaban J connectivity index is 1.69. The van der Waals surface area contributed by atoms with E-state index in [0.717, 1.165) is 32.1 Å². The normalized spacial score (nSPS) is 16.5. The molecule has 0 radical (unpaired) electrons. The van der Waals surface area contributed by atoms with E-state index in [9.17, 15) is 0 Å². The number of hydrogen-bond acceptors (Lipinski definition) is 4. The number of nitrogens with zero attached hydrogens (tertiary/aromatic N) is 2. The van der Waals surface area contributed by atoms with Gasteiger partial charge in [-0.1, -0.05) is 0 Å². The second-order valence-electron chi connectivity index (χ2n) is 6.21. The lowest BCUT2D eigenvalue weighted by molar-refractivity contribution is 0.260. The SMILES string of the molecule is CN=C(NCCN1CCc2sccc2C1)NCC(C)(C)SC. The molecule has 124 valence electrons. The van der Waals surface area contributed by atoms with Crippen LogP contribution in [0.5, 0.6) is 0 Å². The first-order valence-corrected chi connectivity index (χ1v) is 9.92. The first kappa shape index (κ1) is 17.6. The fourth-order valence-electron chi connectivity index (χ4n) is 2.42. The Kier molecular flexibility index (Phi) is 6.59. The van der Waals surface area contributed by atoms with Crippen molar-refractivity contribution in [3.63, 3.8) is 0 Å². The van der Waals surface area contributed by atoms with E-state index in [1.165, 1.54) is 18.5 Å². The molecule has 0 amide bonds. The lowest BCUT2D eigenvalue weighted by atomic mass is 10.1. The van der Waals surface area contributed by atoms with E-state index >= 15 is 0 Å². The van der Waals surface area contributed by atoms with Crippen LogP contribution in [-0.4, -0.2) is 55.1 Å². The molecule has 1 aromatic rings. The molecule has 6 heteroatoms. The molecule has 1 aliphatic rings. The Hall–Kier alpha value is -0.720. The Bertz CT molecular complexity index is 496. The molecule has 2 N–H and O–H groups in total. The minimum atomic E-state index is 0.222. The molecule has 0 fully saturated rings. The van der Waals surface area contributed by atoms with Crippen LogP contribution in [0.3, 0.4) is 0 Å². The fraction of sp³-hybridized carbons (Fsp3) is 0.688. The highest BCUT2D eigenvalue weighted by Gasteiger charge is 2.18. The van der Waals surface area contributed by atoms with Gasteiger partial charge in [-0.3, -0.25) is 9.89 Å². The number of aliphatic imine (C=N–C) groups is 1. The van der Waals surface area contributed by atoms with E-state index in [-0.39, 0.29) is 4.75 Å². The Morgan fingerprint density at radius 1 is 1.45 bits per heavy atom. The zero-order valence-electron chi connectivity index (χ0n) is 14.1. The molecule has 0 aromatic carbocycles. The predicted molar refractivity (Wildman–Crippen MR) is 100 cm³/mol. The zero-order valence-corrected chi connectivity index (χ0v) is 15.7.